The summed E-state index contributed by atoms with van der Waals surface area (Å²) in [6.45, 7) is 3.46. The van der Waals surface area contributed by atoms with Crippen LogP contribution >= 0.6 is 0 Å². The average Bonchev–Trinajstić information content (AvgIpc) is 2.89. The molecule has 0 radical (unpaired) electrons. The Kier molecular flexibility index (Phi) is 2.89. The van der Waals surface area contributed by atoms with Crippen LogP contribution < -0.4 is 5.56 Å². The van der Waals surface area contributed by atoms with E-state index in [4.69, 9.17) is 0 Å². The van der Waals surface area contributed by atoms with E-state index in [1.54, 1.807) is 13.1 Å². The highest BCUT2D eigenvalue weighted by molar-refractivity contribution is 6.00. The molecule has 6 heteroatoms. The Morgan fingerprint density at radius 2 is 2.00 bits per heavy atom. The van der Waals surface area contributed by atoms with Crippen molar-refractivity contribution < 1.29 is 4.79 Å². The first kappa shape index (κ1) is 13.5. The molecule has 0 aromatic carbocycles. The summed E-state index contributed by atoms with van der Waals surface area (Å²) in [5, 5.41) is 2.83. The van der Waals surface area contributed by atoms with Gasteiger partial charge in [-0.1, -0.05) is 19.3 Å². The molecule has 2 fully saturated rings. The number of rotatable bonds is 1. The van der Waals surface area contributed by atoms with Gasteiger partial charge in [0, 0.05) is 36.5 Å². The van der Waals surface area contributed by atoms with Crippen LogP contribution in [0, 0.1) is 12.3 Å². The Bertz CT molecular complexity index is 790. The molecule has 1 N–H and O–H groups in total. The number of aromatic amines is 1. The van der Waals surface area contributed by atoms with Crippen LogP contribution in [0.3, 0.4) is 0 Å². The number of hydrogen-bond donors (Lipinski definition) is 1. The molecule has 2 aliphatic rings. The SMILES string of the molecule is Cc1cc(=O)n2[nH]cc(C(=O)N3CC4(CCCCC4)C3)c2n1. The van der Waals surface area contributed by atoms with Crippen LogP contribution in [0.2, 0.25) is 0 Å². The van der Waals surface area contributed by atoms with Gasteiger partial charge in [-0.25, -0.2) is 9.50 Å². The first-order valence-electron chi connectivity index (χ1n) is 7.95. The van der Waals surface area contributed by atoms with Gasteiger partial charge >= 0.3 is 0 Å². The lowest BCUT2D eigenvalue weighted by molar-refractivity contribution is -0.0153. The molecule has 4 rings (SSSR count). The summed E-state index contributed by atoms with van der Waals surface area (Å²) < 4.78 is 1.33. The number of fused-ring (bicyclic) bond motifs is 1. The largest absolute Gasteiger partial charge is 0.337 e. The number of nitrogens with one attached hydrogen (secondary N) is 1. The summed E-state index contributed by atoms with van der Waals surface area (Å²) in [4.78, 5) is 30.8. The van der Waals surface area contributed by atoms with Crippen molar-refractivity contribution in [3.63, 3.8) is 0 Å². The van der Waals surface area contributed by atoms with Gasteiger partial charge in [0.15, 0.2) is 5.65 Å². The molecule has 1 spiro atoms. The fourth-order valence-corrected chi connectivity index (χ4v) is 3.95. The fourth-order valence-electron chi connectivity index (χ4n) is 3.95. The Morgan fingerprint density at radius 3 is 2.73 bits per heavy atom. The highest BCUT2D eigenvalue weighted by Gasteiger charge is 2.45. The molecule has 0 unspecified atom stereocenters. The molecule has 0 bridgehead atoms. The third-order valence-corrected chi connectivity index (χ3v) is 5.11. The van der Waals surface area contributed by atoms with E-state index >= 15 is 0 Å². The predicted molar refractivity (Wildman–Crippen MR) is 82.0 cm³/mol. The van der Waals surface area contributed by atoms with E-state index in [9.17, 15) is 9.59 Å². The van der Waals surface area contributed by atoms with Gasteiger partial charge in [-0.3, -0.25) is 14.7 Å². The first-order valence-corrected chi connectivity index (χ1v) is 7.95. The summed E-state index contributed by atoms with van der Waals surface area (Å²) in [6, 6.07) is 1.46. The third-order valence-electron chi connectivity index (χ3n) is 5.11. The predicted octanol–water partition coefficient (Wildman–Crippen LogP) is 1.74. The van der Waals surface area contributed by atoms with Crippen molar-refractivity contribution in [2.75, 3.05) is 13.1 Å². The van der Waals surface area contributed by atoms with Crippen LogP contribution in [0.15, 0.2) is 17.1 Å². The van der Waals surface area contributed by atoms with Crippen LogP contribution in [-0.4, -0.2) is 38.5 Å². The van der Waals surface area contributed by atoms with Gasteiger partial charge in [0.2, 0.25) is 0 Å². The first-order chi connectivity index (χ1) is 10.6. The van der Waals surface area contributed by atoms with Crippen LogP contribution in [0.4, 0.5) is 0 Å². The van der Waals surface area contributed by atoms with Gasteiger partial charge in [-0.05, 0) is 19.8 Å². The highest BCUT2D eigenvalue weighted by Crippen LogP contribution is 2.44. The van der Waals surface area contributed by atoms with Gasteiger partial charge in [0.1, 0.15) is 5.56 Å². The van der Waals surface area contributed by atoms with Crippen LogP contribution in [-0.2, 0) is 0 Å². The smallest absolute Gasteiger partial charge is 0.272 e. The van der Waals surface area contributed by atoms with Crippen molar-refractivity contribution in [2.24, 2.45) is 5.41 Å². The van der Waals surface area contributed by atoms with Crippen molar-refractivity contribution in [2.45, 2.75) is 39.0 Å². The normalized spacial score (nSPS) is 20.3. The van der Waals surface area contributed by atoms with Crippen molar-refractivity contribution in [3.05, 3.63) is 33.9 Å². The second kappa shape index (κ2) is 4.69. The monoisotopic (exact) mass is 300 g/mol. The number of hydrogen-bond acceptors (Lipinski definition) is 3. The standard InChI is InChI=1S/C16H20N4O2/c1-11-7-13(21)20-14(18-11)12(8-17-20)15(22)19-9-16(10-19)5-3-2-4-6-16/h7-8,17H,2-6,9-10H2,1H3. The van der Waals surface area contributed by atoms with E-state index in [2.05, 4.69) is 10.1 Å². The molecule has 1 aliphatic heterocycles. The maximum absolute atomic E-state index is 12.7. The van der Waals surface area contributed by atoms with E-state index in [0.717, 1.165) is 13.1 Å². The average molecular weight is 300 g/mol. The molecule has 6 nitrogen and oxygen atoms in total. The zero-order chi connectivity index (χ0) is 15.3. The highest BCUT2D eigenvalue weighted by atomic mass is 16.2. The Morgan fingerprint density at radius 1 is 1.27 bits per heavy atom. The van der Waals surface area contributed by atoms with Gasteiger partial charge in [0.25, 0.3) is 11.5 Å². The molecule has 3 heterocycles. The minimum atomic E-state index is -0.186. The fraction of sp³-hybridized carbons (Fsp3) is 0.562. The van der Waals surface area contributed by atoms with E-state index in [1.165, 1.54) is 42.7 Å². The summed E-state index contributed by atoms with van der Waals surface area (Å²) in [5.41, 5.74) is 1.73. The Hall–Kier alpha value is -2.11. The number of carbonyl (C=O) groups is 1. The molecular formula is C16H20N4O2. The van der Waals surface area contributed by atoms with Gasteiger partial charge in [-0.15, -0.1) is 0 Å². The molecule has 22 heavy (non-hydrogen) atoms. The molecule has 1 aliphatic carbocycles. The Balaban J connectivity index is 1.61. The maximum Gasteiger partial charge on any atom is 0.272 e. The van der Waals surface area contributed by atoms with E-state index in [0.29, 0.717) is 22.3 Å². The molecule has 2 aromatic rings. The summed E-state index contributed by atoms with van der Waals surface area (Å²) in [7, 11) is 0. The van der Waals surface area contributed by atoms with Gasteiger partial charge < -0.3 is 4.90 Å². The lowest BCUT2D eigenvalue weighted by atomic mass is 9.68. The maximum atomic E-state index is 12.7. The van der Waals surface area contributed by atoms with Crippen molar-refractivity contribution in [3.8, 4) is 0 Å². The second-order valence-electron chi connectivity index (χ2n) is 6.80. The van der Waals surface area contributed by atoms with Gasteiger partial charge in [-0.2, -0.15) is 0 Å². The number of carbonyl (C=O) groups excluding carboxylic acids is 1. The number of aryl methyl sites for hydroxylation is 1. The summed E-state index contributed by atoms with van der Waals surface area (Å²) >= 11 is 0. The van der Waals surface area contributed by atoms with Crippen molar-refractivity contribution in [1.82, 2.24) is 19.5 Å². The van der Waals surface area contributed by atoms with Crippen LogP contribution in [0.25, 0.3) is 5.65 Å². The molecule has 1 amide bonds. The van der Waals surface area contributed by atoms with Crippen LogP contribution in [0.5, 0.6) is 0 Å². The lowest BCUT2D eigenvalue weighted by Gasteiger charge is -2.52. The number of aromatic nitrogens is 3. The lowest BCUT2D eigenvalue weighted by Crippen LogP contribution is -2.59. The molecule has 2 aromatic heterocycles. The van der Waals surface area contributed by atoms with Crippen LogP contribution in [0.1, 0.15) is 48.2 Å². The quantitative estimate of drug-likeness (QED) is 0.872. The van der Waals surface area contributed by atoms with E-state index < -0.39 is 0 Å². The number of amides is 1. The van der Waals surface area contributed by atoms with E-state index in [1.807, 2.05) is 4.90 Å². The molecule has 1 saturated heterocycles. The molecule has 116 valence electrons. The molecular weight excluding hydrogens is 280 g/mol. The van der Waals surface area contributed by atoms with Crippen molar-refractivity contribution >= 4 is 11.6 Å². The minimum absolute atomic E-state index is 0.0209. The minimum Gasteiger partial charge on any atom is -0.337 e. The van der Waals surface area contributed by atoms with E-state index in [-0.39, 0.29) is 11.5 Å². The zero-order valence-electron chi connectivity index (χ0n) is 12.8. The topological polar surface area (TPSA) is 70.5 Å². The molecule has 0 atom stereocenters. The number of likely N-dealkylation sites (tertiary alicyclic amines) is 1. The summed E-state index contributed by atoms with van der Waals surface area (Å²) in [5.74, 6) is -0.0209. The molecule has 1 saturated carbocycles. The second-order valence-corrected chi connectivity index (χ2v) is 6.80. The van der Waals surface area contributed by atoms with Crippen molar-refractivity contribution in [1.29, 1.82) is 0 Å². The Labute approximate surface area is 128 Å². The summed E-state index contributed by atoms with van der Waals surface area (Å²) in [6.07, 6.45) is 7.96. The zero-order valence-corrected chi connectivity index (χ0v) is 12.8. The van der Waals surface area contributed by atoms with Gasteiger partial charge in [0.05, 0.1) is 0 Å². The number of H-pyrrole nitrogens is 1. The number of nitrogens with zero attached hydrogens (tertiary/aromatic N) is 3. The third kappa shape index (κ3) is 1.97.